The fourth-order valence-corrected chi connectivity index (χ4v) is 1.92. The van der Waals surface area contributed by atoms with E-state index in [0.29, 0.717) is 16.1 Å². The van der Waals surface area contributed by atoms with Gasteiger partial charge in [0.1, 0.15) is 5.69 Å². The molecule has 6 nitrogen and oxygen atoms in total. The van der Waals surface area contributed by atoms with Gasteiger partial charge in [0.25, 0.3) is 0 Å². The van der Waals surface area contributed by atoms with Crippen LogP contribution in [0.2, 0.25) is 0 Å². The van der Waals surface area contributed by atoms with Crippen LogP contribution >= 0.6 is 11.8 Å². The molecule has 0 saturated carbocycles. The lowest BCUT2D eigenvalue weighted by atomic mass is 10.4. The van der Waals surface area contributed by atoms with E-state index in [2.05, 4.69) is 15.1 Å². The first-order valence-electron chi connectivity index (χ1n) is 4.35. The molecule has 15 heavy (non-hydrogen) atoms. The number of amidine groups is 1. The smallest absolute Gasteiger partial charge is 0.188 e. The van der Waals surface area contributed by atoms with Gasteiger partial charge in [0.2, 0.25) is 0 Å². The van der Waals surface area contributed by atoms with E-state index in [1.165, 1.54) is 11.8 Å². The number of hydrogen-bond acceptors (Lipinski definition) is 6. The summed E-state index contributed by atoms with van der Waals surface area (Å²) in [6.45, 7) is 1.45. The summed E-state index contributed by atoms with van der Waals surface area (Å²) in [7, 11) is 0. The Morgan fingerprint density at radius 3 is 3.07 bits per heavy atom. The molecule has 0 amide bonds. The van der Waals surface area contributed by atoms with Crippen molar-refractivity contribution >= 4 is 17.6 Å². The maximum atomic E-state index is 8.49. The molecule has 80 valence electrons. The maximum Gasteiger partial charge on any atom is 0.188 e. The largest absolute Gasteiger partial charge is 0.409 e. The number of aromatic nitrogens is 2. The van der Waals surface area contributed by atoms with Crippen molar-refractivity contribution in [2.75, 3.05) is 13.2 Å². The van der Waals surface area contributed by atoms with Gasteiger partial charge in [0.15, 0.2) is 11.0 Å². The van der Waals surface area contributed by atoms with Crippen molar-refractivity contribution in [1.82, 2.24) is 9.97 Å². The summed E-state index contributed by atoms with van der Waals surface area (Å²) < 4.78 is 5.04. The Morgan fingerprint density at radius 1 is 1.67 bits per heavy atom. The van der Waals surface area contributed by atoms with Crippen LogP contribution in [0.3, 0.4) is 0 Å². The molecule has 2 heterocycles. The van der Waals surface area contributed by atoms with Crippen LogP contribution in [0.5, 0.6) is 0 Å². The Hall–Kier alpha value is -1.34. The monoisotopic (exact) mass is 226 g/mol. The van der Waals surface area contributed by atoms with Crippen LogP contribution in [-0.2, 0) is 4.74 Å². The summed E-state index contributed by atoms with van der Waals surface area (Å²) in [5.41, 5.74) is 5.84. The molecule has 1 aromatic rings. The van der Waals surface area contributed by atoms with E-state index in [0.717, 1.165) is 13.2 Å². The summed E-state index contributed by atoms with van der Waals surface area (Å²) in [5, 5.41) is 12.4. The van der Waals surface area contributed by atoms with Crippen LogP contribution in [0.1, 0.15) is 5.69 Å². The average molecular weight is 226 g/mol. The molecule has 2 rings (SSSR count). The number of rotatable bonds is 3. The number of hydrogen-bond donors (Lipinski definition) is 2. The Kier molecular flexibility index (Phi) is 3.02. The van der Waals surface area contributed by atoms with E-state index in [4.69, 9.17) is 15.7 Å². The molecule has 7 heteroatoms. The number of nitrogens with zero attached hydrogens (tertiary/aromatic N) is 3. The average Bonchev–Trinajstić information content (AvgIpc) is 2.23. The number of ether oxygens (including phenoxy) is 1. The molecule has 1 aromatic heterocycles. The van der Waals surface area contributed by atoms with Crippen LogP contribution in [0, 0.1) is 0 Å². The minimum absolute atomic E-state index is 0.0101. The molecule has 0 spiro atoms. The van der Waals surface area contributed by atoms with Gasteiger partial charge >= 0.3 is 0 Å². The van der Waals surface area contributed by atoms with Crippen LogP contribution in [0.25, 0.3) is 0 Å². The highest BCUT2D eigenvalue weighted by atomic mass is 32.2. The number of thioether (sulfide) groups is 1. The van der Waals surface area contributed by atoms with Gasteiger partial charge in [0, 0.05) is 6.20 Å². The molecule has 1 saturated heterocycles. The van der Waals surface area contributed by atoms with Gasteiger partial charge in [-0.1, -0.05) is 16.9 Å². The van der Waals surface area contributed by atoms with Crippen molar-refractivity contribution < 1.29 is 9.94 Å². The molecule has 0 radical (unpaired) electrons. The van der Waals surface area contributed by atoms with E-state index in [1.54, 1.807) is 12.3 Å². The predicted molar refractivity (Wildman–Crippen MR) is 55.0 cm³/mol. The van der Waals surface area contributed by atoms with E-state index in [-0.39, 0.29) is 5.84 Å². The SMILES string of the molecule is N/C(=N/O)c1ccnc(SC2COC2)n1. The van der Waals surface area contributed by atoms with Crippen molar-refractivity contribution in [2.24, 2.45) is 10.9 Å². The summed E-state index contributed by atoms with van der Waals surface area (Å²) in [5.74, 6) is -0.0101. The maximum absolute atomic E-state index is 8.49. The highest BCUT2D eigenvalue weighted by molar-refractivity contribution is 7.99. The molecular weight excluding hydrogens is 216 g/mol. The molecule has 0 aliphatic carbocycles. The first-order chi connectivity index (χ1) is 7.29. The first kappa shape index (κ1) is 10.2. The molecule has 1 aliphatic rings. The third-order valence-corrected chi connectivity index (χ3v) is 2.90. The van der Waals surface area contributed by atoms with Gasteiger partial charge in [-0.2, -0.15) is 0 Å². The summed E-state index contributed by atoms with van der Waals surface area (Å²) >= 11 is 1.53. The quantitative estimate of drug-likeness (QED) is 0.249. The molecule has 0 aromatic carbocycles. The summed E-state index contributed by atoms with van der Waals surface area (Å²) in [4.78, 5) is 8.23. The number of nitrogens with two attached hydrogens (primary N) is 1. The lowest BCUT2D eigenvalue weighted by Gasteiger charge is -2.24. The third-order valence-electron chi connectivity index (χ3n) is 1.88. The minimum Gasteiger partial charge on any atom is -0.409 e. The lowest BCUT2D eigenvalue weighted by Crippen LogP contribution is -2.30. The Morgan fingerprint density at radius 2 is 2.47 bits per heavy atom. The number of oxime groups is 1. The zero-order valence-corrected chi connectivity index (χ0v) is 8.65. The molecule has 0 unspecified atom stereocenters. The minimum atomic E-state index is -0.0101. The lowest BCUT2D eigenvalue weighted by molar-refractivity contribution is 0.0454. The van der Waals surface area contributed by atoms with Crippen molar-refractivity contribution in [3.63, 3.8) is 0 Å². The standard InChI is InChI=1S/C8H10N4O2S/c9-7(12-13)6-1-2-10-8(11-6)15-5-3-14-4-5/h1-2,5,13H,3-4H2,(H2,9,12). The molecule has 1 aliphatic heterocycles. The topological polar surface area (TPSA) is 93.6 Å². The van der Waals surface area contributed by atoms with Gasteiger partial charge in [-0.05, 0) is 6.07 Å². The highest BCUT2D eigenvalue weighted by Gasteiger charge is 2.21. The second-order valence-electron chi connectivity index (χ2n) is 2.99. The van der Waals surface area contributed by atoms with E-state index in [1.807, 2.05) is 0 Å². The van der Waals surface area contributed by atoms with Gasteiger partial charge in [-0.25, -0.2) is 9.97 Å². The van der Waals surface area contributed by atoms with E-state index >= 15 is 0 Å². The van der Waals surface area contributed by atoms with Crippen LogP contribution in [0.4, 0.5) is 0 Å². The molecule has 1 fully saturated rings. The van der Waals surface area contributed by atoms with Crippen LogP contribution in [-0.4, -0.2) is 39.5 Å². The van der Waals surface area contributed by atoms with E-state index in [9.17, 15) is 0 Å². The Bertz CT molecular complexity index is 381. The van der Waals surface area contributed by atoms with Crippen molar-refractivity contribution in [3.05, 3.63) is 18.0 Å². The normalized spacial score (nSPS) is 17.5. The Labute approximate surface area is 90.5 Å². The van der Waals surface area contributed by atoms with Gasteiger partial charge in [0.05, 0.1) is 18.5 Å². The van der Waals surface area contributed by atoms with Gasteiger partial charge in [-0.15, -0.1) is 0 Å². The third kappa shape index (κ3) is 2.37. The zero-order chi connectivity index (χ0) is 10.7. The fourth-order valence-electron chi connectivity index (χ4n) is 1.02. The molecule has 3 N–H and O–H groups in total. The zero-order valence-electron chi connectivity index (χ0n) is 7.83. The van der Waals surface area contributed by atoms with Crippen molar-refractivity contribution in [3.8, 4) is 0 Å². The second kappa shape index (κ2) is 4.45. The Balaban J connectivity index is 2.11. The summed E-state index contributed by atoms with van der Waals surface area (Å²) in [6, 6.07) is 1.59. The molecule has 0 atom stereocenters. The van der Waals surface area contributed by atoms with Gasteiger partial charge in [-0.3, -0.25) is 0 Å². The first-order valence-corrected chi connectivity index (χ1v) is 5.23. The molecule has 0 bridgehead atoms. The summed E-state index contributed by atoms with van der Waals surface area (Å²) in [6.07, 6.45) is 1.59. The van der Waals surface area contributed by atoms with E-state index < -0.39 is 0 Å². The van der Waals surface area contributed by atoms with Gasteiger partial charge < -0.3 is 15.7 Å². The van der Waals surface area contributed by atoms with Crippen LogP contribution in [0.15, 0.2) is 22.6 Å². The predicted octanol–water partition coefficient (Wildman–Crippen LogP) is 0.0620. The molecular formula is C8H10N4O2S. The fraction of sp³-hybridized carbons (Fsp3) is 0.375. The van der Waals surface area contributed by atoms with Crippen molar-refractivity contribution in [2.45, 2.75) is 10.4 Å². The van der Waals surface area contributed by atoms with Crippen LogP contribution < -0.4 is 5.73 Å². The van der Waals surface area contributed by atoms with Crippen molar-refractivity contribution in [1.29, 1.82) is 0 Å². The second-order valence-corrected chi connectivity index (χ2v) is 4.25. The highest BCUT2D eigenvalue weighted by Crippen LogP contribution is 2.24.